The van der Waals surface area contributed by atoms with Crippen molar-refractivity contribution in [3.63, 3.8) is 0 Å². The molecule has 94 valence electrons. The number of hydrogen-bond acceptors (Lipinski definition) is 4. The fourth-order valence-electron chi connectivity index (χ4n) is 2.01. The predicted octanol–water partition coefficient (Wildman–Crippen LogP) is 2.00. The topological polar surface area (TPSA) is 42.4 Å². The Bertz CT molecular complexity index is 394. The van der Waals surface area contributed by atoms with Gasteiger partial charge in [0.05, 0.1) is 29.3 Å². The third kappa shape index (κ3) is 2.97. The third-order valence-electron chi connectivity index (χ3n) is 2.58. The summed E-state index contributed by atoms with van der Waals surface area (Å²) in [6, 6.07) is 0. The first-order valence-electron chi connectivity index (χ1n) is 5.43. The average Bonchev–Trinajstić information content (AvgIpc) is 2.79. The molecule has 0 aliphatic carbocycles. The van der Waals surface area contributed by atoms with E-state index < -0.39 is 0 Å². The van der Waals surface area contributed by atoms with Crippen LogP contribution in [-0.4, -0.2) is 46.5 Å². The molecule has 6 heteroatoms. The van der Waals surface area contributed by atoms with Crippen LogP contribution < -0.4 is 0 Å². The quantitative estimate of drug-likeness (QED) is 0.775. The van der Waals surface area contributed by atoms with Crippen LogP contribution in [0.1, 0.15) is 23.5 Å². The van der Waals surface area contributed by atoms with Gasteiger partial charge in [-0.1, -0.05) is 0 Å². The molecule has 2 rings (SSSR count). The lowest BCUT2D eigenvalue weighted by Gasteiger charge is -2.42. The number of aromatic nitrogens is 1. The van der Waals surface area contributed by atoms with Gasteiger partial charge in [0, 0.05) is 13.1 Å². The normalized spacial score (nSPS) is 23.7. The molecule has 1 fully saturated rings. The van der Waals surface area contributed by atoms with Crippen molar-refractivity contribution in [2.75, 3.05) is 19.0 Å². The van der Waals surface area contributed by atoms with E-state index in [0.29, 0.717) is 23.8 Å². The van der Waals surface area contributed by atoms with Gasteiger partial charge in [0.2, 0.25) is 0 Å². The zero-order valence-corrected chi connectivity index (χ0v) is 11.4. The first-order valence-corrected chi connectivity index (χ1v) is 6.85. The molecule has 2 heterocycles. The maximum Gasteiger partial charge on any atom is 0.265 e. The minimum atomic E-state index is -0.349. The molecule has 0 saturated carbocycles. The lowest BCUT2D eigenvalue weighted by atomic mass is 10.1. The van der Waals surface area contributed by atoms with Crippen molar-refractivity contribution in [3.8, 4) is 0 Å². The Hall–Kier alpha value is -0.650. The zero-order valence-electron chi connectivity index (χ0n) is 9.85. The minimum Gasteiger partial charge on any atom is -0.367 e. The standard InChI is InChI=1S/C11H15ClN2O2S/c1-11(2)6-14(5-8(3-12)16-11)10(15)9-4-13-7-17-9/h4,7-8H,3,5-6H2,1-2H3. The highest BCUT2D eigenvalue weighted by Gasteiger charge is 2.35. The number of thiazole rings is 1. The number of amides is 1. The summed E-state index contributed by atoms with van der Waals surface area (Å²) in [6.45, 7) is 5.07. The summed E-state index contributed by atoms with van der Waals surface area (Å²) in [7, 11) is 0. The van der Waals surface area contributed by atoms with E-state index in [-0.39, 0.29) is 17.6 Å². The minimum absolute atomic E-state index is 0.0130. The molecule has 1 aliphatic heterocycles. The Balaban J connectivity index is 2.12. The first kappa shape index (κ1) is 12.8. The van der Waals surface area contributed by atoms with Crippen LogP contribution in [0.3, 0.4) is 0 Å². The van der Waals surface area contributed by atoms with Crippen LogP contribution in [0.5, 0.6) is 0 Å². The molecule has 0 bridgehead atoms. The molecule has 4 nitrogen and oxygen atoms in total. The summed E-state index contributed by atoms with van der Waals surface area (Å²) >= 11 is 7.19. The van der Waals surface area contributed by atoms with Gasteiger partial charge < -0.3 is 9.64 Å². The number of morpholine rings is 1. The van der Waals surface area contributed by atoms with Crippen molar-refractivity contribution in [2.24, 2.45) is 0 Å². The number of nitrogens with zero attached hydrogens (tertiary/aromatic N) is 2. The van der Waals surface area contributed by atoms with Gasteiger partial charge in [-0.25, -0.2) is 0 Å². The first-order chi connectivity index (χ1) is 8.02. The third-order valence-corrected chi connectivity index (χ3v) is 3.69. The summed E-state index contributed by atoms with van der Waals surface area (Å²) in [5.74, 6) is 0.412. The molecule has 0 N–H and O–H groups in total. The smallest absolute Gasteiger partial charge is 0.265 e. The number of alkyl halides is 1. The van der Waals surface area contributed by atoms with Crippen molar-refractivity contribution in [3.05, 3.63) is 16.6 Å². The molecular formula is C11H15ClN2O2S. The summed E-state index contributed by atoms with van der Waals surface area (Å²) in [5.41, 5.74) is 1.32. The van der Waals surface area contributed by atoms with E-state index in [1.807, 2.05) is 13.8 Å². The molecule has 17 heavy (non-hydrogen) atoms. The van der Waals surface area contributed by atoms with Crippen LogP contribution in [0.2, 0.25) is 0 Å². The number of hydrogen-bond donors (Lipinski definition) is 0. The summed E-state index contributed by atoms with van der Waals surface area (Å²) in [4.78, 5) is 18.6. The summed E-state index contributed by atoms with van der Waals surface area (Å²) in [6.07, 6.45) is 1.50. The average molecular weight is 275 g/mol. The van der Waals surface area contributed by atoms with E-state index in [0.717, 1.165) is 0 Å². The van der Waals surface area contributed by atoms with Crippen molar-refractivity contribution in [1.82, 2.24) is 9.88 Å². The second-order valence-electron chi connectivity index (χ2n) is 4.71. The second kappa shape index (κ2) is 4.92. The summed E-state index contributed by atoms with van der Waals surface area (Å²) < 4.78 is 5.78. The van der Waals surface area contributed by atoms with Gasteiger partial charge in [0.25, 0.3) is 5.91 Å². The van der Waals surface area contributed by atoms with E-state index in [2.05, 4.69) is 4.98 Å². The molecule has 1 aliphatic rings. The molecule has 0 spiro atoms. The van der Waals surface area contributed by atoms with E-state index in [1.165, 1.54) is 11.3 Å². The molecule has 1 saturated heterocycles. The molecule has 1 amide bonds. The SMILES string of the molecule is CC1(C)CN(C(=O)c2cncs2)CC(CCl)O1. The van der Waals surface area contributed by atoms with Crippen molar-refractivity contribution in [1.29, 1.82) is 0 Å². The van der Waals surface area contributed by atoms with E-state index >= 15 is 0 Å². The molecule has 1 aromatic heterocycles. The fourth-order valence-corrected chi connectivity index (χ4v) is 2.76. The van der Waals surface area contributed by atoms with Crippen molar-refractivity contribution < 1.29 is 9.53 Å². The maximum atomic E-state index is 12.2. The number of rotatable bonds is 2. The number of halogens is 1. The Morgan fingerprint density at radius 1 is 1.76 bits per heavy atom. The Morgan fingerprint density at radius 2 is 2.53 bits per heavy atom. The summed E-state index contributed by atoms with van der Waals surface area (Å²) in [5, 5.41) is 0. The Morgan fingerprint density at radius 3 is 3.12 bits per heavy atom. The van der Waals surface area contributed by atoms with Crippen LogP contribution in [0.4, 0.5) is 0 Å². The van der Waals surface area contributed by atoms with Gasteiger partial charge in [0.1, 0.15) is 4.88 Å². The number of ether oxygens (including phenoxy) is 1. The molecule has 1 atom stereocenters. The van der Waals surface area contributed by atoms with Gasteiger partial charge in [0.15, 0.2) is 0 Å². The molecule has 0 radical (unpaired) electrons. The molecule has 1 aromatic rings. The van der Waals surface area contributed by atoms with Crippen molar-refractivity contribution >= 4 is 28.8 Å². The Labute approximate surface area is 110 Å². The molecular weight excluding hydrogens is 260 g/mol. The van der Waals surface area contributed by atoms with Crippen LogP contribution >= 0.6 is 22.9 Å². The van der Waals surface area contributed by atoms with Gasteiger partial charge in [-0.2, -0.15) is 0 Å². The van der Waals surface area contributed by atoms with Gasteiger partial charge in [-0.15, -0.1) is 22.9 Å². The van der Waals surface area contributed by atoms with Crippen molar-refractivity contribution in [2.45, 2.75) is 25.6 Å². The number of carbonyl (C=O) groups is 1. The lowest BCUT2D eigenvalue weighted by molar-refractivity contribution is -0.117. The lowest BCUT2D eigenvalue weighted by Crippen LogP contribution is -2.55. The van der Waals surface area contributed by atoms with Crippen LogP contribution in [0, 0.1) is 0 Å². The highest BCUT2D eigenvalue weighted by molar-refractivity contribution is 7.11. The van der Waals surface area contributed by atoms with Gasteiger partial charge in [-0.05, 0) is 13.8 Å². The van der Waals surface area contributed by atoms with Gasteiger partial charge >= 0.3 is 0 Å². The van der Waals surface area contributed by atoms with E-state index in [4.69, 9.17) is 16.3 Å². The molecule has 1 unspecified atom stereocenters. The largest absolute Gasteiger partial charge is 0.367 e. The van der Waals surface area contributed by atoms with E-state index in [1.54, 1.807) is 16.6 Å². The maximum absolute atomic E-state index is 12.2. The highest BCUT2D eigenvalue weighted by Crippen LogP contribution is 2.23. The zero-order chi connectivity index (χ0) is 12.5. The predicted molar refractivity (Wildman–Crippen MR) is 67.7 cm³/mol. The van der Waals surface area contributed by atoms with Crippen LogP contribution in [-0.2, 0) is 4.74 Å². The number of carbonyl (C=O) groups excluding carboxylic acids is 1. The fraction of sp³-hybridized carbons (Fsp3) is 0.636. The monoisotopic (exact) mass is 274 g/mol. The second-order valence-corrected chi connectivity index (χ2v) is 5.90. The highest BCUT2D eigenvalue weighted by atomic mass is 35.5. The molecule has 0 aromatic carbocycles. The van der Waals surface area contributed by atoms with E-state index in [9.17, 15) is 4.79 Å². The Kier molecular flexibility index (Phi) is 3.70. The van der Waals surface area contributed by atoms with Crippen LogP contribution in [0.15, 0.2) is 11.7 Å². The van der Waals surface area contributed by atoms with Crippen LogP contribution in [0.25, 0.3) is 0 Å². The van der Waals surface area contributed by atoms with Gasteiger partial charge in [-0.3, -0.25) is 9.78 Å².